The van der Waals surface area contributed by atoms with Crippen molar-refractivity contribution in [1.29, 1.82) is 0 Å². The molecule has 1 amide bonds. The van der Waals surface area contributed by atoms with Crippen LogP contribution in [0.25, 0.3) is 0 Å². The van der Waals surface area contributed by atoms with Gasteiger partial charge >= 0.3 is 0 Å². The lowest BCUT2D eigenvalue weighted by molar-refractivity contribution is -0.870. The van der Waals surface area contributed by atoms with Gasteiger partial charge in [-0.3, -0.25) is 9.36 Å². The molecular formula is C54H105N2O6P. The molecule has 0 aliphatic carbocycles. The first-order valence-corrected chi connectivity index (χ1v) is 28.3. The summed E-state index contributed by atoms with van der Waals surface area (Å²) >= 11 is 0. The molecule has 0 heterocycles. The van der Waals surface area contributed by atoms with Crippen molar-refractivity contribution >= 4 is 13.7 Å². The average Bonchev–Trinajstić information content (AvgIpc) is 3.24. The summed E-state index contributed by atoms with van der Waals surface area (Å²) < 4.78 is 23.2. The first kappa shape index (κ1) is 61.7. The molecule has 0 fully saturated rings. The predicted molar refractivity (Wildman–Crippen MR) is 270 cm³/mol. The average molecular weight is 909 g/mol. The van der Waals surface area contributed by atoms with Crippen molar-refractivity contribution in [2.45, 2.75) is 264 Å². The van der Waals surface area contributed by atoms with Crippen LogP contribution in [-0.2, 0) is 18.4 Å². The molecule has 0 aromatic carbocycles. The number of likely N-dealkylation sites (N-methyl/N-ethyl adjacent to an activating group) is 1. The van der Waals surface area contributed by atoms with Crippen molar-refractivity contribution in [3.63, 3.8) is 0 Å². The Hall–Kier alpha value is -1.28. The fraction of sp³-hybridized carbons (Fsp3) is 0.870. The second-order valence-electron chi connectivity index (χ2n) is 19.6. The number of carbonyl (C=O) groups is 1. The van der Waals surface area contributed by atoms with Crippen LogP contribution < -0.4 is 10.2 Å². The number of hydrogen-bond acceptors (Lipinski definition) is 6. The van der Waals surface area contributed by atoms with Crippen molar-refractivity contribution in [3.05, 3.63) is 36.5 Å². The number of nitrogens with one attached hydrogen (secondary N) is 1. The molecule has 3 unspecified atom stereocenters. The quantitative estimate of drug-likeness (QED) is 0.0272. The Labute approximate surface area is 391 Å². The van der Waals surface area contributed by atoms with Crippen LogP contribution in [-0.4, -0.2) is 68.5 Å². The van der Waals surface area contributed by atoms with Crippen molar-refractivity contribution < 1.29 is 32.9 Å². The van der Waals surface area contributed by atoms with Crippen LogP contribution in [0, 0.1) is 0 Å². The van der Waals surface area contributed by atoms with E-state index in [0.29, 0.717) is 17.4 Å². The second kappa shape index (κ2) is 45.9. The molecule has 0 saturated heterocycles. The third kappa shape index (κ3) is 48.5. The minimum absolute atomic E-state index is 0.00795. The third-order valence-corrected chi connectivity index (χ3v) is 13.0. The molecule has 0 saturated carbocycles. The van der Waals surface area contributed by atoms with Gasteiger partial charge in [0.1, 0.15) is 13.2 Å². The summed E-state index contributed by atoms with van der Waals surface area (Å²) in [4.78, 5) is 25.3. The Kier molecular flexibility index (Phi) is 44.9. The summed E-state index contributed by atoms with van der Waals surface area (Å²) in [5.41, 5.74) is 0. The molecule has 8 nitrogen and oxygen atoms in total. The van der Waals surface area contributed by atoms with Gasteiger partial charge in [0.05, 0.1) is 39.9 Å². The van der Waals surface area contributed by atoms with Crippen molar-refractivity contribution in [2.24, 2.45) is 0 Å². The van der Waals surface area contributed by atoms with Gasteiger partial charge in [0, 0.05) is 6.42 Å². The van der Waals surface area contributed by atoms with Crippen LogP contribution in [0.1, 0.15) is 251 Å². The Morgan fingerprint density at radius 3 is 1.35 bits per heavy atom. The molecule has 2 N–H and O–H groups in total. The van der Waals surface area contributed by atoms with Crippen molar-refractivity contribution in [2.75, 3.05) is 40.9 Å². The molecule has 0 spiro atoms. The Balaban J connectivity index is 4.08. The van der Waals surface area contributed by atoms with E-state index in [2.05, 4.69) is 43.5 Å². The van der Waals surface area contributed by atoms with Crippen LogP contribution in [0.15, 0.2) is 36.5 Å². The number of phosphoric acid groups is 1. The maximum absolute atomic E-state index is 12.8. The van der Waals surface area contributed by atoms with Gasteiger partial charge in [0.2, 0.25) is 5.91 Å². The van der Waals surface area contributed by atoms with Gasteiger partial charge in [0.15, 0.2) is 0 Å². The summed E-state index contributed by atoms with van der Waals surface area (Å²) in [5, 5.41) is 13.8. The van der Waals surface area contributed by atoms with E-state index in [9.17, 15) is 19.4 Å². The Bertz CT molecular complexity index is 1120. The number of hydrogen-bond donors (Lipinski definition) is 2. The first-order chi connectivity index (χ1) is 30.5. The smallest absolute Gasteiger partial charge is 0.268 e. The SMILES string of the molecule is CCC/C=C\CCCCCCCC(=O)NC(COP(=O)([O-])OCC[N+](C)(C)C)C(O)/C=C/CC/C=C/CCCCCCCCCCCCCCCCCCCCCCCCCCC. The normalized spacial score (nSPS) is 14.3. The number of aliphatic hydroxyl groups is 1. The highest BCUT2D eigenvalue weighted by Crippen LogP contribution is 2.38. The Morgan fingerprint density at radius 2 is 0.921 bits per heavy atom. The summed E-state index contributed by atoms with van der Waals surface area (Å²) in [6.07, 6.45) is 58.2. The molecule has 63 heavy (non-hydrogen) atoms. The zero-order valence-corrected chi connectivity index (χ0v) is 43.2. The number of phosphoric ester groups is 1. The van der Waals surface area contributed by atoms with Crippen LogP contribution in [0.4, 0.5) is 0 Å². The minimum atomic E-state index is -4.60. The van der Waals surface area contributed by atoms with Gasteiger partial charge in [-0.1, -0.05) is 230 Å². The molecule has 9 heteroatoms. The van der Waals surface area contributed by atoms with Gasteiger partial charge in [-0.15, -0.1) is 0 Å². The molecule has 0 aliphatic rings. The number of amides is 1. The second-order valence-corrected chi connectivity index (χ2v) is 21.0. The summed E-state index contributed by atoms with van der Waals surface area (Å²) in [6, 6.07) is -0.906. The molecule has 3 atom stereocenters. The van der Waals surface area contributed by atoms with Crippen LogP contribution in [0.3, 0.4) is 0 Å². The van der Waals surface area contributed by atoms with E-state index in [-0.39, 0.29) is 12.5 Å². The molecule has 0 aromatic heterocycles. The largest absolute Gasteiger partial charge is 0.756 e. The number of allylic oxidation sites excluding steroid dienone is 5. The first-order valence-electron chi connectivity index (χ1n) is 26.9. The van der Waals surface area contributed by atoms with Gasteiger partial charge in [-0.2, -0.15) is 0 Å². The highest BCUT2D eigenvalue weighted by atomic mass is 31.2. The lowest BCUT2D eigenvalue weighted by Crippen LogP contribution is -2.45. The lowest BCUT2D eigenvalue weighted by atomic mass is 10.0. The van der Waals surface area contributed by atoms with E-state index in [0.717, 1.165) is 64.2 Å². The number of nitrogens with zero attached hydrogens (tertiary/aromatic N) is 1. The molecule has 0 aliphatic heterocycles. The fourth-order valence-electron chi connectivity index (χ4n) is 7.82. The van der Waals surface area contributed by atoms with Crippen molar-refractivity contribution in [3.8, 4) is 0 Å². The summed E-state index contributed by atoms with van der Waals surface area (Å²) in [6.45, 7) is 4.57. The number of rotatable bonds is 49. The highest BCUT2D eigenvalue weighted by Gasteiger charge is 2.23. The van der Waals surface area contributed by atoms with Crippen molar-refractivity contribution in [1.82, 2.24) is 5.32 Å². The number of quaternary nitrogens is 1. The minimum Gasteiger partial charge on any atom is -0.756 e. The number of aliphatic hydroxyl groups excluding tert-OH is 1. The highest BCUT2D eigenvalue weighted by molar-refractivity contribution is 7.45. The molecule has 0 aromatic rings. The van der Waals surface area contributed by atoms with E-state index in [4.69, 9.17) is 9.05 Å². The number of carbonyl (C=O) groups excluding carboxylic acids is 1. The van der Waals surface area contributed by atoms with E-state index >= 15 is 0 Å². The monoisotopic (exact) mass is 909 g/mol. The summed E-state index contributed by atoms with van der Waals surface area (Å²) in [5.74, 6) is -0.218. The molecular weight excluding hydrogens is 804 g/mol. The third-order valence-electron chi connectivity index (χ3n) is 12.1. The van der Waals surface area contributed by atoms with Crippen LogP contribution >= 0.6 is 7.82 Å². The van der Waals surface area contributed by atoms with Gasteiger partial charge in [-0.25, -0.2) is 0 Å². The zero-order chi connectivity index (χ0) is 46.4. The maximum Gasteiger partial charge on any atom is 0.268 e. The molecule has 0 radical (unpaired) electrons. The zero-order valence-electron chi connectivity index (χ0n) is 42.3. The molecule has 372 valence electrons. The summed E-state index contributed by atoms with van der Waals surface area (Å²) in [7, 11) is 1.24. The predicted octanol–water partition coefficient (Wildman–Crippen LogP) is 15.2. The fourth-order valence-corrected chi connectivity index (χ4v) is 8.54. The van der Waals surface area contributed by atoms with Gasteiger partial charge in [0.25, 0.3) is 7.82 Å². The number of unbranched alkanes of at least 4 members (excludes halogenated alkanes) is 32. The molecule has 0 rings (SSSR count). The van der Waals surface area contributed by atoms with E-state index in [1.807, 2.05) is 27.2 Å². The van der Waals surface area contributed by atoms with Gasteiger partial charge in [-0.05, 0) is 51.4 Å². The van der Waals surface area contributed by atoms with E-state index in [1.165, 1.54) is 167 Å². The maximum atomic E-state index is 12.8. The van der Waals surface area contributed by atoms with Gasteiger partial charge < -0.3 is 28.8 Å². The topological polar surface area (TPSA) is 108 Å². The van der Waals surface area contributed by atoms with E-state index in [1.54, 1.807) is 6.08 Å². The van der Waals surface area contributed by atoms with Crippen LogP contribution in [0.5, 0.6) is 0 Å². The Morgan fingerprint density at radius 1 is 0.540 bits per heavy atom. The standard InChI is InChI=1S/C54H105N2O6P/c1-6-8-10-12-14-16-18-19-20-21-22-23-24-25-26-27-28-29-30-31-32-33-34-35-36-37-38-39-41-43-45-47-53(57)52(51-62-63(59,60)61-50-49-56(3,4)5)55-54(58)48-46-44-42-40-17-15-13-11-9-7-2/h11,13,38-39,45,47,52-53,57H,6-10,12,14-37,40-44,46,48-51H2,1-5H3,(H-,55,58,59,60)/b13-11-,39-38+,47-45+. The lowest BCUT2D eigenvalue weighted by Gasteiger charge is -2.29. The van der Waals surface area contributed by atoms with E-state index < -0.39 is 26.6 Å². The molecule has 0 bridgehead atoms. The van der Waals surface area contributed by atoms with Crippen LogP contribution in [0.2, 0.25) is 0 Å².